The zero-order valence-corrected chi connectivity index (χ0v) is 11.6. The average Bonchev–Trinajstić information content (AvgIpc) is 2.42. The Hall–Kier alpha value is -1.99. The van der Waals surface area contributed by atoms with Crippen molar-refractivity contribution in [1.29, 1.82) is 0 Å². The number of rotatable bonds is 3. The van der Waals surface area contributed by atoms with E-state index in [0.717, 1.165) is 18.2 Å². The molecular formula is C14H10ClF4NO2. The molecule has 0 saturated carbocycles. The van der Waals surface area contributed by atoms with Crippen molar-refractivity contribution in [2.45, 2.75) is 12.4 Å². The topological polar surface area (TPSA) is 55.5 Å². The van der Waals surface area contributed by atoms with E-state index in [1.807, 2.05) is 0 Å². The molecule has 0 aliphatic carbocycles. The quantitative estimate of drug-likeness (QED) is 0.829. The fraction of sp³-hybridized carbons (Fsp3) is 0.143. The normalized spacial score (nSPS) is 13.0. The standard InChI is InChI=1S/C14H10ClF4NO2/c15-9-5-6-10(16)11(13(9)21)12(20)7-1-3-8(4-2-7)22-14(17,18)19/h1-6,12,21H,20H2/t12-/m1/s1. The third-order valence-corrected chi connectivity index (χ3v) is 3.20. The monoisotopic (exact) mass is 335 g/mol. The maximum absolute atomic E-state index is 13.8. The van der Waals surface area contributed by atoms with Gasteiger partial charge in [-0.15, -0.1) is 13.2 Å². The Kier molecular flexibility index (Phi) is 4.48. The number of hydrogen-bond donors (Lipinski definition) is 2. The van der Waals surface area contributed by atoms with Gasteiger partial charge in [0, 0.05) is 0 Å². The molecule has 1 atom stereocenters. The molecule has 0 spiro atoms. The molecule has 118 valence electrons. The van der Waals surface area contributed by atoms with Crippen LogP contribution in [0.2, 0.25) is 5.02 Å². The summed E-state index contributed by atoms with van der Waals surface area (Å²) in [6.45, 7) is 0. The second-order valence-electron chi connectivity index (χ2n) is 4.39. The van der Waals surface area contributed by atoms with Crippen molar-refractivity contribution in [3.05, 3.63) is 58.4 Å². The molecule has 0 amide bonds. The smallest absolute Gasteiger partial charge is 0.506 e. The lowest BCUT2D eigenvalue weighted by Gasteiger charge is -2.16. The van der Waals surface area contributed by atoms with Gasteiger partial charge in [-0.25, -0.2) is 4.39 Å². The van der Waals surface area contributed by atoms with Gasteiger partial charge in [0.1, 0.15) is 17.3 Å². The van der Waals surface area contributed by atoms with E-state index in [0.29, 0.717) is 0 Å². The largest absolute Gasteiger partial charge is 0.573 e. The van der Waals surface area contributed by atoms with E-state index in [2.05, 4.69) is 4.74 Å². The SMILES string of the molecule is N[C@H](c1ccc(OC(F)(F)F)cc1)c1c(F)ccc(Cl)c1O. The molecule has 3 nitrogen and oxygen atoms in total. The number of alkyl halides is 3. The molecule has 3 N–H and O–H groups in total. The van der Waals surface area contributed by atoms with Crippen LogP contribution in [0.4, 0.5) is 17.6 Å². The predicted octanol–water partition coefficient (Wildman–Crippen LogP) is 4.13. The molecule has 0 bridgehead atoms. The van der Waals surface area contributed by atoms with E-state index in [-0.39, 0.29) is 16.1 Å². The number of nitrogens with two attached hydrogens (primary N) is 1. The first-order chi connectivity index (χ1) is 10.2. The average molecular weight is 336 g/mol. The predicted molar refractivity (Wildman–Crippen MR) is 72.2 cm³/mol. The number of ether oxygens (including phenoxy) is 1. The lowest BCUT2D eigenvalue weighted by molar-refractivity contribution is -0.274. The van der Waals surface area contributed by atoms with E-state index >= 15 is 0 Å². The van der Waals surface area contributed by atoms with E-state index in [9.17, 15) is 22.7 Å². The van der Waals surface area contributed by atoms with Crippen LogP contribution in [-0.2, 0) is 0 Å². The summed E-state index contributed by atoms with van der Waals surface area (Å²) in [5.74, 6) is -1.71. The van der Waals surface area contributed by atoms with Crippen LogP contribution < -0.4 is 10.5 Å². The van der Waals surface area contributed by atoms with Crippen molar-refractivity contribution in [2.75, 3.05) is 0 Å². The van der Waals surface area contributed by atoms with E-state index in [1.165, 1.54) is 18.2 Å². The van der Waals surface area contributed by atoms with Crippen LogP contribution in [0.15, 0.2) is 36.4 Å². The Morgan fingerprint density at radius 1 is 1.09 bits per heavy atom. The molecule has 0 aliphatic heterocycles. The second-order valence-corrected chi connectivity index (χ2v) is 4.79. The molecule has 8 heteroatoms. The lowest BCUT2D eigenvalue weighted by atomic mass is 9.98. The minimum atomic E-state index is -4.80. The van der Waals surface area contributed by atoms with Gasteiger partial charge < -0.3 is 15.6 Å². The molecule has 0 radical (unpaired) electrons. The number of hydrogen-bond acceptors (Lipinski definition) is 3. The van der Waals surface area contributed by atoms with Crippen LogP contribution >= 0.6 is 11.6 Å². The first-order valence-corrected chi connectivity index (χ1v) is 6.35. The summed E-state index contributed by atoms with van der Waals surface area (Å²) in [7, 11) is 0. The Balaban J connectivity index is 2.31. The highest BCUT2D eigenvalue weighted by Gasteiger charge is 2.31. The van der Waals surface area contributed by atoms with Crippen molar-refractivity contribution in [3.63, 3.8) is 0 Å². The minimum Gasteiger partial charge on any atom is -0.506 e. The van der Waals surface area contributed by atoms with Crippen LogP contribution in [0.3, 0.4) is 0 Å². The third kappa shape index (κ3) is 3.61. The van der Waals surface area contributed by atoms with Gasteiger partial charge in [0.2, 0.25) is 0 Å². The fourth-order valence-corrected chi connectivity index (χ4v) is 2.06. The molecule has 2 rings (SSSR count). The summed E-state index contributed by atoms with van der Waals surface area (Å²) in [6.07, 6.45) is -4.80. The minimum absolute atomic E-state index is 0.0797. The Morgan fingerprint density at radius 3 is 2.23 bits per heavy atom. The molecule has 0 heterocycles. The molecule has 0 fully saturated rings. The van der Waals surface area contributed by atoms with Crippen LogP contribution in [0.5, 0.6) is 11.5 Å². The molecule has 22 heavy (non-hydrogen) atoms. The number of phenols is 1. The highest BCUT2D eigenvalue weighted by Crippen LogP contribution is 2.36. The Labute approximate surface area is 127 Å². The Bertz CT molecular complexity index is 674. The van der Waals surface area contributed by atoms with E-state index < -0.39 is 29.7 Å². The van der Waals surface area contributed by atoms with Gasteiger partial charge in [0.05, 0.1) is 16.6 Å². The van der Waals surface area contributed by atoms with Crippen LogP contribution in [0.25, 0.3) is 0 Å². The molecule has 0 unspecified atom stereocenters. The van der Waals surface area contributed by atoms with Crippen molar-refractivity contribution in [2.24, 2.45) is 5.73 Å². The molecule has 0 saturated heterocycles. The van der Waals surface area contributed by atoms with E-state index in [4.69, 9.17) is 17.3 Å². The zero-order valence-electron chi connectivity index (χ0n) is 10.9. The molecule has 2 aromatic carbocycles. The van der Waals surface area contributed by atoms with Crippen molar-refractivity contribution < 1.29 is 27.4 Å². The molecular weight excluding hydrogens is 326 g/mol. The summed E-state index contributed by atoms with van der Waals surface area (Å²) >= 11 is 5.70. The molecule has 2 aromatic rings. The second kappa shape index (κ2) is 6.02. The summed E-state index contributed by atoms with van der Waals surface area (Å²) in [4.78, 5) is 0. The zero-order chi connectivity index (χ0) is 16.5. The number of aromatic hydroxyl groups is 1. The number of phenolic OH excluding ortho intramolecular Hbond substituents is 1. The van der Waals surface area contributed by atoms with Crippen LogP contribution in [0.1, 0.15) is 17.2 Å². The first-order valence-electron chi connectivity index (χ1n) is 5.97. The van der Waals surface area contributed by atoms with Gasteiger partial charge in [-0.05, 0) is 29.8 Å². The maximum atomic E-state index is 13.8. The van der Waals surface area contributed by atoms with Crippen LogP contribution in [-0.4, -0.2) is 11.5 Å². The van der Waals surface area contributed by atoms with Gasteiger partial charge in [0.25, 0.3) is 0 Å². The first kappa shape index (κ1) is 16.4. The summed E-state index contributed by atoms with van der Waals surface area (Å²) < 4.78 is 53.7. The summed E-state index contributed by atoms with van der Waals surface area (Å²) in [6, 6.07) is 5.68. The number of halogens is 5. The van der Waals surface area contributed by atoms with E-state index in [1.54, 1.807) is 0 Å². The molecule has 0 aromatic heterocycles. The Morgan fingerprint density at radius 2 is 1.68 bits per heavy atom. The van der Waals surface area contributed by atoms with Gasteiger partial charge in [-0.3, -0.25) is 0 Å². The van der Waals surface area contributed by atoms with Crippen molar-refractivity contribution in [3.8, 4) is 11.5 Å². The number of benzene rings is 2. The molecule has 0 aliphatic rings. The van der Waals surface area contributed by atoms with Gasteiger partial charge >= 0.3 is 6.36 Å². The highest BCUT2D eigenvalue weighted by molar-refractivity contribution is 6.32. The maximum Gasteiger partial charge on any atom is 0.573 e. The van der Waals surface area contributed by atoms with Crippen molar-refractivity contribution in [1.82, 2.24) is 0 Å². The van der Waals surface area contributed by atoms with Gasteiger partial charge in [0.15, 0.2) is 0 Å². The van der Waals surface area contributed by atoms with Crippen molar-refractivity contribution >= 4 is 11.6 Å². The van der Waals surface area contributed by atoms with Crippen LogP contribution in [0, 0.1) is 5.82 Å². The van der Waals surface area contributed by atoms with Gasteiger partial charge in [-0.1, -0.05) is 23.7 Å². The lowest BCUT2D eigenvalue weighted by Crippen LogP contribution is -2.17. The summed E-state index contributed by atoms with van der Waals surface area (Å²) in [5.41, 5.74) is 5.89. The third-order valence-electron chi connectivity index (χ3n) is 2.90. The summed E-state index contributed by atoms with van der Waals surface area (Å²) in [5, 5.41) is 9.71. The fourth-order valence-electron chi connectivity index (χ4n) is 1.90. The van der Waals surface area contributed by atoms with Gasteiger partial charge in [-0.2, -0.15) is 0 Å². The highest BCUT2D eigenvalue weighted by atomic mass is 35.5.